The van der Waals surface area contributed by atoms with Gasteiger partial charge in [0, 0.05) is 21.0 Å². The lowest BCUT2D eigenvalue weighted by Gasteiger charge is -2.07. The number of nitrogens with zero attached hydrogens (tertiary/aromatic N) is 1. The third-order valence-electron chi connectivity index (χ3n) is 3.62. The molecule has 6 nitrogen and oxygen atoms in total. The fourth-order valence-corrected chi connectivity index (χ4v) is 3.67. The summed E-state index contributed by atoms with van der Waals surface area (Å²) >= 11 is 7.78. The van der Waals surface area contributed by atoms with E-state index in [2.05, 4.69) is 10.9 Å². The SMILES string of the molecule is N#Cc1ccc(OCC(=O)NNC(=O)/C=C/c2sc3ccccc3c2Cl)cc1. The van der Waals surface area contributed by atoms with E-state index in [1.807, 2.05) is 30.3 Å². The number of nitrogens with one attached hydrogen (secondary N) is 2. The van der Waals surface area contributed by atoms with Crippen molar-refractivity contribution in [3.05, 3.63) is 70.1 Å². The van der Waals surface area contributed by atoms with Gasteiger partial charge in [0.2, 0.25) is 0 Å². The van der Waals surface area contributed by atoms with Crippen LogP contribution in [0, 0.1) is 11.3 Å². The fourth-order valence-electron chi connectivity index (χ4n) is 2.28. The molecule has 2 aromatic carbocycles. The summed E-state index contributed by atoms with van der Waals surface area (Å²) in [5.74, 6) is -0.578. The van der Waals surface area contributed by atoms with Crippen LogP contribution in [-0.2, 0) is 9.59 Å². The first-order valence-electron chi connectivity index (χ1n) is 8.13. The minimum Gasteiger partial charge on any atom is -0.484 e. The molecule has 2 N–H and O–H groups in total. The summed E-state index contributed by atoms with van der Waals surface area (Å²) < 4.78 is 6.30. The van der Waals surface area contributed by atoms with Crippen LogP contribution >= 0.6 is 22.9 Å². The molecule has 3 rings (SSSR count). The van der Waals surface area contributed by atoms with Gasteiger partial charge in [-0.25, -0.2) is 0 Å². The lowest BCUT2D eigenvalue weighted by Crippen LogP contribution is -2.43. The normalized spacial score (nSPS) is 10.6. The number of fused-ring (bicyclic) bond motifs is 1. The molecule has 2 amide bonds. The van der Waals surface area contributed by atoms with Gasteiger partial charge in [0.05, 0.1) is 16.7 Å². The largest absolute Gasteiger partial charge is 0.484 e. The molecule has 3 aromatic rings. The minimum absolute atomic E-state index is 0.280. The molecule has 0 aliphatic rings. The highest BCUT2D eigenvalue weighted by molar-refractivity contribution is 7.20. The third kappa shape index (κ3) is 4.88. The molecule has 0 atom stereocenters. The van der Waals surface area contributed by atoms with Crippen LogP contribution in [-0.4, -0.2) is 18.4 Å². The number of nitriles is 1. The molecular formula is C20H14ClN3O3S. The van der Waals surface area contributed by atoms with Crippen molar-refractivity contribution in [2.45, 2.75) is 0 Å². The molecule has 28 heavy (non-hydrogen) atoms. The molecule has 0 unspecified atom stereocenters. The number of carbonyl (C=O) groups is 2. The Morgan fingerprint density at radius 1 is 1.14 bits per heavy atom. The van der Waals surface area contributed by atoms with Crippen molar-refractivity contribution in [1.29, 1.82) is 5.26 Å². The number of halogens is 1. The van der Waals surface area contributed by atoms with Gasteiger partial charge in [-0.2, -0.15) is 5.26 Å². The Hall–Kier alpha value is -3.34. The Morgan fingerprint density at radius 3 is 2.61 bits per heavy atom. The van der Waals surface area contributed by atoms with E-state index in [9.17, 15) is 9.59 Å². The van der Waals surface area contributed by atoms with E-state index < -0.39 is 11.8 Å². The Bertz CT molecular complexity index is 1080. The lowest BCUT2D eigenvalue weighted by atomic mass is 10.2. The topological polar surface area (TPSA) is 91.2 Å². The number of hydrogen-bond acceptors (Lipinski definition) is 5. The van der Waals surface area contributed by atoms with Crippen LogP contribution in [0.1, 0.15) is 10.4 Å². The van der Waals surface area contributed by atoms with Gasteiger partial charge < -0.3 is 4.74 Å². The van der Waals surface area contributed by atoms with Crippen LogP contribution in [0.5, 0.6) is 5.75 Å². The van der Waals surface area contributed by atoms with E-state index in [0.717, 1.165) is 15.0 Å². The van der Waals surface area contributed by atoms with Crippen molar-refractivity contribution in [2.75, 3.05) is 6.61 Å². The van der Waals surface area contributed by atoms with Crippen molar-refractivity contribution < 1.29 is 14.3 Å². The summed E-state index contributed by atoms with van der Waals surface area (Å²) in [6.45, 7) is -0.280. The first-order valence-corrected chi connectivity index (χ1v) is 9.33. The highest BCUT2D eigenvalue weighted by Gasteiger charge is 2.08. The summed E-state index contributed by atoms with van der Waals surface area (Å²) in [7, 11) is 0. The quantitative estimate of drug-likeness (QED) is 0.495. The molecule has 0 aliphatic carbocycles. The second-order valence-electron chi connectivity index (χ2n) is 5.57. The lowest BCUT2D eigenvalue weighted by molar-refractivity contribution is -0.128. The minimum atomic E-state index is -0.522. The summed E-state index contributed by atoms with van der Waals surface area (Å²) in [5, 5.41) is 10.3. The standard InChI is InChI=1S/C20H14ClN3O3S/c21-20-15-3-1-2-4-16(15)28-17(20)9-10-18(25)23-24-19(26)12-27-14-7-5-13(11-22)6-8-14/h1-10H,12H2,(H,23,25)(H,24,26)/b10-9+. The molecule has 0 spiro atoms. The number of benzene rings is 2. The van der Waals surface area contributed by atoms with E-state index in [1.54, 1.807) is 30.3 Å². The van der Waals surface area contributed by atoms with Crippen LogP contribution in [0.3, 0.4) is 0 Å². The van der Waals surface area contributed by atoms with E-state index in [0.29, 0.717) is 16.3 Å². The Labute approximate surface area is 170 Å². The molecule has 140 valence electrons. The van der Waals surface area contributed by atoms with Crippen LogP contribution in [0.2, 0.25) is 5.02 Å². The average Bonchev–Trinajstić information content (AvgIpc) is 3.05. The molecule has 8 heteroatoms. The monoisotopic (exact) mass is 411 g/mol. The molecule has 0 aliphatic heterocycles. The molecule has 1 heterocycles. The third-order valence-corrected chi connectivity index (χ3v) is 5.28. The maximum atomic E-state index is 11.9. The van der Waals surface area contributed by atoms with Gasteiger partial charge in [-0.1, -0.05) is 29.8 Å². The number of amides is 2. The molecule has 0 bridgehead atoms. The van der Waals surface area contributed by atoms with E-state index in [1.165, 1.54) is 17.4 Å². The van der Waals surface area contributed by atoms with Gasteiger partial charge >= 0.3 is 0 Å². The summed E-state index contributed by atoms with van der Waals surface area (Å²) in [6, 6.07) is 16.0. The van der Waals surface area contributed by atoms with Crippen LogP contribution in [0.4, 0.5) is 0 Å². The number of carbonyl (C=O) groups excluding carboxylic acids is 2. The number of rotatable bonds is 5. The molecule has 0 radical (unpaired) electrons. The fraction of sp³-hybridized carbons (Fsp3) is 0.0500. The van der Waals surface area contributed by atoms with E-state index >= 15 is 0 Å². The van der Waals surface area contributed by atoms with Crippen LogP contribution in [0.15, 0.2) is 54.6 Å². The molecule has 0 saturated carbocycles. The smallest absolute Gasteiger partial charge is 0.276 e. The zero-order valence-electron chi connectivity index (χ0n) is 14.4. The van der Waals surface area contributed by atoms with Crippen LogP contribution in [0.25, 0.3) is 16.2 Å². The maximum Gasteiger partial charge on any atom is 0.276 e. The van der Waals surface area contributed by atoms with Gasteiger partial charge in [0.15, 0.2) is 6.61 Å². The number of thiophene rings is 1. The van der Waals surface area contributed by atoms with E-state index in [-0.39, 0.29) is 6.61 Å². The Kier molecular flexibility index (Phi) is 6.27. The Morgan fingerprint density at radius 2 is 1.89 bits per heavy atom. The van der Waals surface area contributed by atoms with Gasteiger partial charge in [0.1, 0.15) is 5.75 Å². The first-order chi connectivity index (χ1) is 13.6. The van der Waals surface area contributed by atoms with Gasteiger partial charge in [-0.15, -0.1) is 11.3 Å². The maximum absolute atomic E-state index is 11.9. The zero-order chi connectivity index (χ0) is 19.9. The predicted octanol–water partition coefficient (Wildman–Crippen LogP) is 3.67. The van der Waals surface area contributed by atoms with Crippen molar-refractivity contribution >= 4 is 50.9 Å². The number of hydrazine groups is 1. The molecule has 0 saturated heterocycles. The average molecular weight is 412 g/mol. The summed E-state index contributed by atoms with van der Waals surface area (Å²) in [5.41, 5.74) is 5.02. The number of hydrogen-bond donors (Lipinski definition) is 2. The van der Waals surface area contributed by atoms with Gasteiger partial charge in [-0.3, -0.25) is 20.4 Å². The second kappa shape index (κ2) is 9.04. The van der Waals surface area contributed by atoms with Crippen molar-refractivity contribution in [3.8, 4) is 11.8 Å². The number of ether oxygens (including phenoxy) is 1. The van der Waals surface area contributed by atoms with E-state index in [4.69, 9.17) is 21.6 Å². The second-order valence-corrected chi connectivity index (χ2v) is 7.03. The van der Waals surface area contributed by atoms with Crippen molar-refractivity contribution in [2.24, 2.45) is 0 Å². The first kappa shape index (κ1) is 19.4. The highest BCUT2D eigenvalue weighted by atomic mass is 35.5. The molecule has 0 fully saturated rings. The van der Waals surface area contributed by atoms with Crippen molar-refractivity contribution in [1.82, 2.24) is 10.9 Å². The summed E-state index contributed by atoms with van der Waals surface area (Å²) in [4.78, 5) is 24.4. The highest BCUT2D eigenvalue weighted by Crippen LogP contribution is 2.35. The van der Waals surface area contributed by atoms with Gasteiger partial charge in [-0.05, 0) is 36.4 Å². The molecule has 1 aromatic heterocycles. The summed E-state index contributed by atoms with van der Waals surface area (Å²) in [6.07, 6.45) is 2.89. The van der Waals surface area contributed by atoms with Gasteiger partial charge in [0.25, 0.3) is 11.8 Å². The predicted molar refractivity (Wildman–Crippen MR) is 109 cm³/mol. The molecular weight excluding hydrogens is 398 g/mol. The Balaban J connectivity index is 1.47. The van der Waals surface area contributed by atoms with Crippen LogP contribution < -0.4 is 15.6 Å². The zero-order valence-corrected chi connectivity index (χ0v) is 16.0. The van der Waals surface area contributed by atoms with Crippen molar-refractivity contribution in [3.63, 3.8) is 0 Å².